The maximum atomic E-state index is 5.71. The van der Waals surface area contributed by atoms with E-state index in [1.54, 1.807) is 0 Å². The van der Waals surface area contributed by atoms with E-state index in [1.807, 2.05) is 32.9 Å². The summed E-state index contributed by atoms with van der Waals surface area (Å²) >= 11 is 5.71. The Morgan fingerprint density at radius 1 is 1.25 bits per heavy atom. The van der Waals surface area contributed by atoms with E-state index in [2.05, 4.69) is 0 Å². The van der Waals surface area contributed by atoms with E-state index in [0.29, 0.717) is 0 Å². The van der Waals surface area contributed by atoms with Gasteiger partial charge in [0.1, 0.15) is 0 Å². The van der Waals surface area contributed by atoms with E-state index < -0.39 is 0 Å². The van der Waals surface area contributed by atoms with Gasteiger partial charge in [-0.25, -0.2) is 0 Å². The number of allylic oxidation sites excluding steroid dienone is 4. The van der Waals surface area contributed by atoms with E-state index in [1.165, 1.54) is 0 Å². The normalized spacial score (nSPS) is 14.5. The maximum absolute atomic E-state index is 5.71. The van der Waals surface area contributed by atoms with Crippen LogP contribution in [0.4, 0.5) is 0 Å². The van der Waals surface area contributed by atoms with Gasteiger partial charge in [0.2, 0.25) is 0 Å². The van der Waals surface area contributed by atoms with Gasteiger partial charge in [-0.2, -0.15) is 0 Å². The molecule has 0 fully saturated rings. The zero-order valence-corrected chi connectivity index (χ0v) is 6.29. The van der Waals surface area contributed by atoms with E-state index in [9.17, 15) is 0 Å². The molecule has 0 aromatic rings. The summed E-state index contributed by atoms with van der Waals surface area (Å²) in [6, 6.07) is 0. The van der Waals surface area contributed by atoms with Crippen molar-refractivity contribution in [2.75, 3.05) is 0 Å². The molecule has 0 atom stereocenters. The summed E-state index contributed by atoms with van der Waals surface area (Å²) in [5, 5.41) is 0.840. The molecule has 0 aliphatic rings. The summed E-state index contributed by atoms with van der Waals surface area (Å²) in [5.41, 5.74) is 1.13. The summed E-state index contributed by atoms with van der Waals surface area (Å²) < 4.78 is 0. The molecule has 0 aromatic carbocycles. The van der Waals surface area contributed by atoms with E-state index in [4.69, 9.17) is 11.6 Å². The molecule has 0 spiro atoms. The smallest absolute Gasteiger partial charge is 0.0389 e. The van der Waals surface area contributed by atoms with Crippen LogP contribution in [-0.4, -0.2) is 0 Å². The summed E-state index contributed by atoms with van der Waals surface area (Å²) in [7, 11) is 0. The fourth-order valence-corrected chi connectivity index (χ4v) is 0.475. The minimum absolute atomic E-state index is 0.840. The van der Waals surface area contributed by atoms with Crippen molar-refractivity contribution in [2.45, 2.75) is 20.8 Å². The Labute approximate surface area is 55.9 Å². The fraction of sp³-hybridized carbons (Fsp3) is 0.429. The van der Waals surface area contributed by atoms with Crippen LogP contribution >= 0.6 is 11.6 Å². The van der Waals surface area contributed by atoms with Crippen molar-refractivity contribution in [3.63, 3.8) is 0 Å². The van der Waals surface area contributed by atoms with Gasteiger partial charge < -0.3 is 0 Å². The number of hydrogen-bond donors (Lipinski definition) is 0. The lowest BCUT2D eigenvalue weighted by Crippen LogP contribution is -1.70. The van der Waals surface area contributed by atoms with Crippen LogP contribution < -0.4 is 0 Å². The number of rotatable bonds is 1. The van der Waals surface area contributed by atoms with Crippen molar-refractivity contribution >= 4 is 11.6 Å². The lowest BCUT2D eigenvalue weighted by Gasteiger charge is -1.92. The third kappa shape index (κ3) is 2.17. The van der Waals surface area contributed by atoms with Crippen molar-refractivity contribution in [1.29, 1.82) is 0 Å². The zero-order valence-electron chi connectivity index (χ0n) is 5.53. The molecule has 0 saturated carbocycles. The highest BCUT2D eigenvalue weighted by Gasteiger charge is 1.87. The lowest BCUT2D eigenvalue weighted by molar-refractivity contribution is 1.43. The second-order valence-electron chi connectivity index (χ2n) is 1.61. The molecule has 0 bridgehead atoms. The molecule has 0 aromatic heterocycles. The molecule has 8 heavy (non-hydrogen) atoms. The molecule has 0 aliphatic heterocycles. The highest BCUT2D eigenvalue weighted by atomic mass is 35.5. The Balaban J connectivity index is 4.04. The highest BCUT2D eigenvalue weighted by Crippen LogP contribution is 2.11. The molecular weight excluding hydrogens is 120 g/mol. The second-order valence-corrected chi connectivity index (χ2v) is 2.02. The van der Waals surface area contributed by atoms with E-state index in [-0.39, 0.29) is 0 Å². The zero-order chi connectivity index (χ0) is 6.57. The first kappa shape index (κ1) is 7.77. The van der Waals surface area contributed by atoms with Crippen LogP contribution in [0.25, 0.3) is 0 Å². The van der Waals surface area contributed by atoms with Gasteiger partial charge >= 0.3 is 0 Å². The van der Waals surface area contributed by atoms with Crippen LogP contribution in [0, 0.1) is 0 Å². The molecule has 0 nitrogen and oxygen atoms in total. The molecule has 1 heteroatoms. The van der Waals surface area contributed by atoms with Crippen molar-refractivity contribution < 1.29 is 0 Å². The lowest BCUT2D eigenvalue weighted by atomic mass is 10.3. The quantitative estimate of drug-likeness (QED) is 0.479. The molecule has 0 amide bonds. The summed E-state index contributed by atoms with van der Waals surface area (Å²) in [6.45, 7) is 5.89. The van der Waals surface area contributed by atoms with Gasteiger partial charge in [0, 0.05) is 5.03 Å². The molecule has 0 rings (SSSR count). The van der Waals surface area contributed by atoms with Gasteiger partial charge in [0.25, 0.3) is 0 Å². The van der Waals surface area contributed by atoms with Crippen LogP contribution in [0.5, 0.6) is 0 Å². The first-order valence-corrected chi connectivity index (χ1v) is 3.05. The summed E-state index contributed by atoms with van der Waals surface area (Å²) in [6.07, 6.45) is 3.87. The number of hydrogen-bond acceptors (Lipinski definition) is 0. The second kappa shape index (κ2) is 3.73. The molecule has 0 N–H and O–H groups in total. The van der Waals surface area contributed by atoms with Gasteiger partial charge in [-0.15, -0.1) is 0 Å². The standard InChI is InChI=1S/C7H11Cl/c1-4-6(3)7(8)5-2/h4-5H,1-3H3/b6-4-,7-5+. The predicted octanol–water partition coefficient (Wildman–Crippen LogP) is 3.10. The van der Waals surface area contributed by atoms with Gasteiger partial charge in [-0.1, -0.05) is 23.8 Å². The van der Waals surface area contributed by atoms with Crippen LogP contribution in [0.3, 0.4) is 0 Å². The minimum atomic E-state index is 0.840. The van der Waals surface area contributed by atoms with Crippen molar-refractivity contribution in [2.24, 2.45) is 0 Å². The van der Waals surface area contributed by atoms with Crippen molar-refractivity contribution in [1.82, 2.24) is 0 Å². The molecule has 46 valence electrons. The molecule has 0 heterocycles. The Hall–Kier alpha value is -0.230. The van der Waals surface area contributed by atoms with E-state index in [0.717, 1.165) is 10.6 Å². The molecular formula is C7H11Cl. The monoisotopic (exact) mass is 130 g/mol. The maximum Gasteiger partial charge on any atom is 0.0389 e. The minimum Gasteiger partial charge on any atom is -0.0844 e. The number of halogens is 1. The SMILES string of the molecule is C/C=C(C)\C(Cl)=C/C. The Morgan fingerprint density at radius 2 is 1.75 bits per heavy atom. The first-order valence-electron chi connectivity index (χ1n) is 2.67. The summed E-state index contributed by atoms with van der Waals surface area (Å²) in [4.78, 5) is 0. The van der Waals surface area contributed by atoms with Gasteiger partial charge in [-0.3, -0.25) is 0 Å². The largest absolute Gasteiger partial charge is 0.0844 e. The van der Waals surface area contributed by atoms with Crippen molar-refractivity contribution in [3.05, 3.63) is 22.8 Å². The fourth-order valence-electron chi connectivity index (χ4n) is 0.366. The van der Waals surface area contributed by atoms with Gasteiger partial charge in [0.15, 0.2) is 0 Å². The molecule has 0 radical (unpaired) electrons. The highest BCUT2D eigenvalue weighted by molar-refractivity contribution is 6.31. The predicted molar refractivity (Wildman–Crippen MR) is 39.0 cm³/mol. The Kier molecular flexibility index (Phi) is 3.63. The van der Waals surface area contributed by atoms with Crippen LogP contribution in [0.2, 0.25) is 0 Å². The molecule has 0 unspecified atom stereocenters. The van der Waals surface area contributed by atoms with Crippen LogP contribution in [-0.2, 0) is 0 Å². The first-order chi connectivity index (χ1) is 3.72. The Morgan fingerprint density at radius 3 is 1.88 bits per heavy atom. The molecule has 0 saturated heterocycles. The third-order valence-electron chi connectivity index (χ3n) is 1.06. The molecule has 0 aliphatic carbocycles. The average Bonchev–Trinajstić information content (AvgIpc) is 1.84. The van der Waals surface area contributed by atoms with Crippen LogP contribution in [0.1, 0.15) is 20.8 Å². The van der Waals surface area contributed by atoms with Crippen LogP contribution in [0.15, 0.2) is 22.8 Å². The Bertz CT molecular complexity index is 104. The van der Waals surface area contributed by atoms with Crippen molar-refractivity contribution in [3.8, 4) is 0 Å². The van der Waals surface area contributed by atoms with Gasteiger partial charge in [-0.05, 0) is 26.3 Å². The third-order valence-corrected chi connectivity index (χ3v) is 1.58. The summed E-state index contributed by atoms with van der Waals surface area (Å²) in [5.74, 6) is 0. The topological polar surface area (TPSA) is 0 Å². The van der Waals surface area contributed by atoms with Gasteiger partial charge in [0.05, 0.1) is 0 Å². The van der Waals surface area contributed by atoms with E-state index >= 15 is 0 Å². The average molecular weight is 131 g/mol.